The van der Waals surface area contributed by atoms with Crippen LogP contribution in [0, 0.1) is 0 Å². The fraction of sp³-hybridized carbons (Fsp3) is 0.391. The number of ether oxygens (including phenoxy) is 1. The number of amides is 2. The van der Waals surface area contributed by atoms with Gasteiger partial charge in [-0.3, -0.25) is 4.90 Å². The highest BCUT2D eigenvalue weighted by Gasteiger charge is 2.26. The SMILES string of the molecule is CCN1CCN(C(=O)N(Cc2ccc(C(=O)OC)cc2)c2cccc(CO)c2)CC1. The number of benzene rings is 2. The van der Waals surface area contributed by atoms with E-state index in [1.54, 1.807) is 17.0 Å². The second kappa shape index (κ2) is 10.2. The van der Waals surface area contributed by atoms with E-state index >= 15 is 0 Å². The van der Waals surface area contributed by atoms with Gasteiger partial charge < -0.3 is 19.6 Å². The molecule has 3 rings (SSSR count). The smallest absolute Gasteiger partial charge is 0.337 e. The Kier molecular flexibility index (Phi) is 7.43. The molecule has 0 unspecified atom stereocenters. The molecular formula is C23H29N3O4. The fourth-order valence-corrected chi connectivity index (χ4v) is 3.56. The first-order valence-corrected chi connectivity index (χ1v) is 10.2. The summed E-state index contributed by atoms with van der Waals surface area (Å²) in [6.07, 6.45) is 0. The predicted molar refractivity (Wildman–Crippen MR) is 115 cm³/mol. The van der Waals surface area contributed by atoms with Crippen LogP contribution in [0.2, 0.25) is 0 Å². The van der Waals surface area contributed by atoms with Gasteiger partial charge in [0.2, 0.25) is 0 Å². The van der Waals surface area contributed by atoms with E-state index in [2.05, 4.69) is 11.8 Å². The first-order chi connectivity index (χ1) is 14.5. The van der Waals surface area contributed by atoms with Crippen molar-refractivity contribution in [2.45, 2.75) is 20.1 Å². The zero-order valence-corrected chi connectivity index (χ0v) is 17.6. The Morgan fingerprint density at radius 3 is 2.33 bits per heavy atom. The lowest BCUT2D eigenvalue weighted by Crippen LogP contribution is -2.52. The molecule has 0 aliphatic carbocycles. The van der Waals surface area contributed by atoms with Gasteiger partial charge in [-0.15, -0.1) is 0 Å². The molecular weight excluding hydrogens is 382 g/mol. The molecule has 1 heterocycles. The Bertz CT molecular complexity index is 861. The molecule has 1 N–H and O–H groups in total. The summed E-state index contributed by atoms with van der Waals surface area (Å²) in [5.41, 5.74) is 2.86. The van der Waals surface area contributed by atoms with Gasteiger partial charge in [-0.25, -0.2) is 9.59 Å². The zero-order valence-electron chi connectivity index (χ0n) is 17.6. The Hall–Kier alpha value is -2.90. The molecule has 30 heavy (non-hydrogen) atoms. The number of hydrogen-bond donors (Lipinski definition) is 1. The van der Waals surface area contributed by atoms with Crippen molar-refractivity contribution in [3.8, 4) is 0 Å². The molecule has 1 aliphatic heterocycles. The van der Waals surface area contributed by atoms with E-state index in [1.807, 2.05) is 41.3 Å². The van der Waals surface area contributed by atoms with E-state index in [0.29, 0.717) is 25.2 Å². The predicted octanol–water partition coefficient (Wildman–Crippen LogP) is 2.73. The number of carbonyl (C=O) groups excluding carboxylic acids is 2. The van der Waals surface area contributed by atoms with Crippen molar-refractivity contribution in [3.05, 3.63) is 65.2 Å². The van der Waals surface area contributed by atoms with Crippen molar-refractivity contribution in [1.29, 1.82) is 0 Å². The van der Waals surface area contributed by atoms with Crippen LogP contribution in [0.1, 0.15) is 28.4 Å². The first-order valence-electron chi connectivity index (χ1n) is 10.2. The third-order valence-electron chi connectivity index (χ3n) is 5.44. The minimum absolute atomic E-state index is 0.0575. The number of aliphatic hydroxyl groups is 1. The lowest BCUT2D eigenvalue weighted by Gasteiger charge is -2.37. The molecule has 0 bridgehead atoms. The van der Waals surface area contributed by atoms with E-state index < -0.39 is 0 Å². The second-order valence-electron chi connectivity index (χ2n) is 7.31. The van der Waals surface area contributed by atoms with E-state index in [4.69, 9.17) is 4.74 Å². The van der Waals surface area contributed by atoms with Crippen molar-refractivity contribution >= 4 is 17.7 Å². The van der Waals surface area contributed by atoms with Crippen LogP contribution in [-0.2, 0) is 17.9 Å². The van der Waals surface area contributed by atoms with E-state index in [-0.39, 0.29) is 18.6 Å². The van der Waals surface area contributed by atoms with E-state index in [0.717, 1.165) is 36.4 Å². The van der Waals surface area contributed by atoms with Crippen LogP contribution in [-0.4, -0.2) is 66.7 Å². The molecule has 160 valence electrons. The lowest BCUT2D eigenvalue weighted by atomic mass is 10.1. The Labute approximate surface area is 177 Å². The second-order valence-corrected chi connectivity index (χ2v) is 7.31. The molecule has 0 saturated carbocycles. The van der Waals surface area contributed by atoms with Crippen molar-refractivity contribution in [1.82, 2.24) is 9.80 Å². The summed E-state index contributed by atoms with van der Waals surface area (Å²) in [5, 5.41) is 9.52. The average molecular weight is 412 g/mol. The maximum atomic E-state index is 13.4. The van der Waals surface area contributed by atoms with Gasteiger partial charge in [-0.1, -0.05) is 31.2 Å². The number of carbonyl (C=O) groups is 2. The molecule has 2 amide bonds. The molecule has 0 spiro atoms. The van der Waals surface area contributed by atoms with Crippen LogP contribution in [0.5, 0.6) is 0 Å². The summed E-state index contributed by atoms with van der Waals surface area (Å²) in [5.74, 6) is -0.390. The summed E-state index contributed by atoms with van der Waals surface area (Å²) in [4.78, 5) is 31.0. The van der Waals surface area contributed by atoms with Gasteiger partial charge >= 0.3 is 12.0 Å². The molecule has 0 atom stereocenters. The van der Waals surface area contributed by atoms with Gasteiger partial charge in [0.1, 0.15) is 0 Å². The van der Waals surface area contributed by atoms with Crippen molar-refractivity contribution in [2.75, 3.05) is 44.7 Å². The van der Waals surface area contributed by atoms with Gasteiger partial charge in [0.05, 0.1) is 25.8 Å². The maximum absolute atomic E-state index is 13.4. The summed E-state index contributed by atoms with van der Waals surface area (Å²) >= 11 is 0. The number of esters is 1. The van der Waals surface area contributed by atoms with Gasteiger partial charge in [-0.05, 0) is 41.9 Å². The van der Waals surface area contributed by atoms with Gasteiger partial charge in [0.15, 0.2) is 0 Å². The van der Waals surface area contributed by atoms with Crippen LogP contribution in [0.25, 0.3) is 0 Å². The van der Waals surface area contributed by atoms with E-state index in [1.165, 1.54) is 7.11 Å². The topological polar surface area (TPSA) is 73.3 Å². The standard InChI is InChI=1S/C23H29N3O4/c1-3-24-11-13-25(14-12-24)23(29)26(21-6-4-5-19(15-21)17-27)16-18-7-9-20(10-8-18)22(28)30-2/h4-10,15,27H,3,11-14,16-17H2,1-2H3. The number of rotatable bonds is 6. The number of likely N-dealkylation sites (N-methyl/N-ethyl adjacent to an activating group) is 1. The molecule has 2 aromatic carbocycles. The summed E-state index contributed by atoms with van der Waals surface area (Å²) < 4.78 is 4.75. The van der Waals surface area contributed by atoms with E-state index in [9.17, 15) is 14.7 Å². The van der Waals surface area contributed by atoms with Crippen LogP contribution >= 0.6 is 0 Å². The molecule has 7 nitrogen and oxygen atoms in total. The van der Waals surface area contributed by atoms with Crippen molar-refractivity contribution in [3.63, 3.8) is 0 Å². The Morgan fingerprint density at radius 2 is 1.73 bits per heavy atom. The zero-order chi connectivity index (χ0) is 21.5. The normalized spacial score (nSPS) is 14.4. The summed E-state index contributed by atoms with van der Waals surface area (Å²) in [6, 6.07) is 14.4. The molecule has 1 saturated heterocycles. The number of urea groups is 1. The minimum Gasteiger partial charge on any atom is -0.465 e. The summed E-state index contributed by atoms with van der Waals surface area (Å²) in [6.45, 7) is 6.48. The molecule has 0 aromatic heterocycles. The number of hydrogen-bond acceptors (Lipinski definition) is 5. The monoisotopic (exact) mass is 411 g/mol. The highest BCUT2D eigenvalue weighted by molar-refractivity contribution is 5.92. The molecule has 1 fully saturated rings. The number of aliphatic hydroxyl groups excluding tert-OH is 1. The highest BCUT2D eigenvalue weighted by atomic mass is 16.5. The number of piperazine rings is 1. The number of nitrogens with zero attached hydrogens (tertiary/aromatic N) is 3. The van der Waals surface area contributed by atoms with Crippen LogP contribution < -0.4 is 4.90 Å². The molecule has 7 heteroatoms. The molecule has 1 aliphatic rings. The van der Waals surface area contributed by atoms with Crippen LogP contribution in [0.3, 0.4) is 0 Å². The summed E-state index contributed by atoms with van der Waals surface area (Å²) in [7, 11) is 1.35. The Balaban J connectivity index is 1.84. The third kappa shape index (κ3) is 5.17. The highest BCUT2D eigenvalue weighted by Crippen LogP contribution is 2.22. The largest absolute Gasteiger partial charge is 0.465 e. The minimum atomic E-state index is -0.390. The van der Waals surface area contributed by atoms with Gasteiger partial charge in [0.25, 0.3) is 0 Å². The van der Waals surface area contributed by atoms with Crippen LogP contribution in [0.4, 0.5) is 10.5 Å². The quantitative estimate of drug-likeness (QED) is 0.740. The molecule has 0 radical (unpaired) electrons. The van der Waals surface area contributed by atoms with Gasteiger partial charge in [0, 0.05) is 31.9 Å². The Morgan fingerprint density at radius 1 is 1.03 bits per heavy atom. The van der Waals surface area contributed by atoms with Crippen molar-refractivity contribution in [2.24, 2.45) is 0 Å². The van der Waals surface area contributed by atoms with Crippen LogP contribution in [0.15, 0.2) is 48.5 Å². The first kappa shape index (κ1) is 21.8. The van der Waals surface area contributed by atoms with Gasteiger partial charge in [-0.2, -0.15) is 0 Å². The maximum Gasteiger partial charge on any atom is 0.337 e. The average Bonchev–Trinajstić information content (AvgIpc) is 2.82. The number of methoxy groups -OCH3 is 1. The fourth-order valence-electron chi connectivity index (χ4n) is 3.56. The lowest BCUT2D eigenvalue weighted by molar-refractivity contribution is 0.0600. The molecule has 2 aromatic rings. The third-order valence-corrected chi connectivity index (χ3v) is 5.44. The number of anilines is 1. The van der Waals surface area contributed by atoms with Crippen molar-refractivity contribution < 1.29 is 19.4 Å².